The van der Waals surface area contributed by atoms with Crippen molar-refractivity contribution in [3.8, 4) is 5.75 Å². The van der Waals surface area contributed by atoms with E-state index in [1.165, 1.54) is 0 Å². The van der Waals surface area contributed by atoms with E-state index in [0.29, 0.717) is 35.7 Å². The van der Waals surface area contributed by atoms with Gasteiger partial charge in [0.05, 0.1) is 11.1 Å². The number of para-hydroxylation sites is 1. The highest BCUT2D eigenvalue weighted by atomic mass is 16.5. The molecular weight excluding hydrogens is 512 g/mol. The number of hydrogen-bond acceptors (Lipinski definition) is 4. The zero-order valence-corrected chi connectivity index (χ0v) is 23.8. The van der Waals surface area contributed by atoms with Crippen molar-refractivity contribution in [3.05, 3.63) is 113 Å². The second-order valence-electron chi connectivity index (χ2n) is 10.1. The summed E-state index contributed by atoms with van der Waals surface area (Å²) in [6.45, 7) is 9.93. The molecule has 2 N–H and O–H groups in total. The van der Waals surface area contributed by atoms with Crippen molar-refractivity contribution in [2.75, 3.05) is 36.4 Å². The van der Waals surface area contributed by atoms with E-state index in [-0.39, 0.29) is 11.8 Å². The van der Waals surface area contributed by atoms with Gasteiger partial charge in [0.2, 0.25) is 0 Å². The van der Waals surface area contributed by atoms with Crippen molar-refractivity contribution in [1.29, 1.82) is 0 Å². The van der Waals surface area contributed by atoms with Gasteiger partial charge in [-0.1, -0.05) is 62.4 Å². The number of aromatic amines is 1. The van der Waals surface area contributed by atoms with Crippen LogP contribution in [0.25, 0.3) is 11.6 Å². The Morgan fingerprint density at radius 3 is 2.44 bits per heavy atom. The monoisotopic (exact) mass is 548 g/mol. The quantitative estimate of drug-likeness (QED) is 0.213. The molecule has 0 saturated heterocycles. The van der Waals surface area contributed by atoms with Gasteiger partial charge in [0.1, 0.15) is 12.4 Å². The molecule has 7 heteroatoms. The minimum Gasteiger partial charge on any atom is -0.489 e. The molecule has 41 heavy (non-hydrogen) atoms. The molecule has 0 fully saturated rings. The highest BCUT2D eigenvalue weighted by molar-refractivity contribution is 6.35. The second-order valence-corrected chi connectivity index (χ2v) is 10.1. The van der Waals surface area contributed by atoms with Crippen LogP contribution in [0.15, 0.2) is 85.1 Å². The molecule has 0 saturated carbocycles. The maximum atomic E-state index is 13.8. The maximum Gasteiger partial charge on any atom is 0.259 e. The first-order chi connectivity index (χ1) is 20.0. The van der Waals surface area contributed by atoms with Crippen LogP contribution >= 0.6 is 0 Å². The van der Waals surface area contributed by atoms with Crippen molar-refractivity contribution < 1.29 is 14.3 Å². The smallest absolute Gasteiger partial charge is 0.259 e. The molecule has 0 radical (unpaired) electrons. The van der Waals surface area contributed by atoms with Crippen LogP contribution in [0.3, 0.4) is 0 Å². The van der Waals surface area contributed by atoms with Crippen LogP contribution in [0.2, 0.25) is 0 Å². The second kappa shape index (κ2) is 12.7. The third kappa shape index (κ3) is 6.42. The normalized spacial score (nSPS) is 13.4. The molecule has 1 aromatic heterocycles. The van der Waals surface area contributed by atoms with E-state index in [4.69, 9.17) is 4.74 Å². The lowest BCUT2D eigenvalue weighted by atomic mass is 10.1. The molecule has 0 atom stereocenters. The van der Waals surface area contributed by atoms with Crippen LogP contribution in [-0.4, -0.2) is 47.9 Å². The maximum absolute atomic E-state index is 13.8. The minimum absolute atomic E-state index is 0.0831. The van der Waals surface area contributed by atoms with Gasteiger partial charge in [-0.2, -0.15) is 0 Å². The van der Waals surface area contributed by atoms with Gasteiger partial charge in [0.25, 0.3) is 11.8 Å². The largest absolute Gasteiger partial charge is 0.489 e. The van der Waals surface area contributed by atoms with Crippen LogP contribution in [-0.2, 0) is 11.4 Å². The predicted octanol–water partition coefficient (Wildman–Crippen LogP) is 6.38. The molecule has 0 spiro atoms. The summed E-state index contributed by atoms with van der Waals surface area (Å²) in [6, 6.07) is 25.3. The van der Waals surface area contributed by atoms with Crippen molar-refractivity contribution in [1.82, 2.24) is 9.88 Å². The number of fused-ring (bicyclic) bond motifs is 1. The van der Waals surface area contributed by atoms with E-state index >= 15 is 0 Å². The SMILES string of the molecule is CCN(CC)CCN(C(=O)c1c[nH]c(/C=C2\C(=O)Nc3ccc(OCc4ccccc4)cc32)c1)c1ccccc1C. The van der Waals surface area contributed by atoms with Gasteiger partial charge in [-0.15, -0.1) is 0 Å². The van der Waals surface area contributed by atoms with Gasteiger partial charge in [-0.25, -0.2) is 0 Å². The van der Waals surface area contributed by atoms with Crippen molar-refractivity contribution >= 4 is 34.8 Å². The van der Waals surface area contributed by atoms with Crippen molar-refractivity contribution in [2.45, 2.75) is 27.4 Å². The summed E-state index contributed by atoms with van der Waals surface area (Å²) in [5, 5.41) is 2.93. The zero-order chi connectivity index (χ0) is 28.8. The number of nitrogens with zero attached hydrogens (tertiary/aromatic N) is 2. The van der Waals surface area contributed by atoms with E-state index in [9.17, 15) is 9.59 Å². The van der Waals surface area contributed by atoms with Crippen LogP contribution in [0.5, 0.6) is 5.75 Å². The molecule has 7 nitrogen and oxygen atoms in total. The number of benzene rings is 3. The van der Waals surface area contributed by atoms with Gasteiger partial charge >= 0.3 is 0 Å². The Bertz CT molecular complexity index is 1550. The van der Waals surface area contributed by atoms with Gasteiger partial charge in [-0.3, -0.25) is 9.59 Å². The lowest BCUT2D eigenvalue weighted by Crippen LogP contribution is -2.39. The number of aromatic nitrogens is 1. The summed E-state index contributed by atoms with van der Waals surface area (Å²) >= 11 is 0. The highest BCUT2D eigenvalue weighted by Crippen LogP contribution is 2.36. The Balaban J connectivity index is 1.37. The molecular formula is C34H36N4O3. The number of ether oxygens (including phenoxy) is 1. The summed E-state index contributed by atoms with van der Waals surface area (Å²) in [5.74, 6) is 0.406. The van der Waals surface area contributed by atoms with Gasteiger partial charge in [0.15, 0.2) is 0 Å². The number of H-pyrrole nitrogens is 1. The number of carbonyl (C=O) groups excluding carboxylic acids is 2. The summed E-state index contributed by atoms with van der Waals surface area (Å²) in [5.41, 5.74) is 6.25. The Morgan fingerprint density at radius 2 is 1.68 bits per heavy atom. The highest BCUT2D eigenvalue weighted by Gasteiger charge is 2.26. The first-order valence-corrected chi connectivity index (χ1v) is 14.1. The number of nitrogens with one attached hydrogen (secondary N) is 2. The molecule has 2 heterocycles. The molecule has 5 rings (SSSR count). The van der Waals surface area contributed by atoms with Gasteiger partial charge in [-0.05, 0) is 67.5 Å². The molecule has 0 unspecified atom stereocenters. The Labute approximate surface area is 241 Å². The van der Waals surface area contributed by atoms with E-state index in [1.807, 2.05) is 84.6 Å². The van der Waals surface area contributed by atoms with Crippen LogP contribution in [0.4, 0.5) is 11.4 Å². The molecule has 0 bridgehead atoms. The third-order valence-electron chi connectivity index (χ3n) is 7.46. The average molecular weight is 549 g/mol. The third-order valence-corrected chi connectivity index (χ3v) is 7.46. The van der Waals surface area contributed by atoms with E-state index in [1.54, 1.807) is 18.3 Å². The molecule has 2 amide bonds. The summed E-state index contributed by atoms with van der Waals surface area (Å²) in [7, 11) is 0. The summed E-state index contributed by atoms with van der Waals surface area (Å²) in [4.78, 5) is 34.0. The van der Waals surface area contributed by atoms with Gasteiger partial charge < -0.3 is 24.8 Å². The molecule has 0 aliphatic carbocycles. The van der Waals surface area contributed by atoms with E-state index in [0.717, 1.165) is 47.7 Å². The Hall–Kier alpha value is -4.62. The standard InChI is InChI=1S/C34H36N4O3/c1-4-37(5-2)17-18-38(32-14-10-9-11-24(32)3)34(40)26-19-27(35-22-26)20-30-29-21-28(15-16-31(29)36-33(30)39)41-23-25-12-7-6-8-13-25/h6-16,19-22,35H,4-5,17-18,23H2,1-3H3,(H,36,39)/b30-20-. The minimum atomic E-state index is -0.191. The zero-order valence-electron chi connectivity index (χ0n) is 23.8. The number of amides is 2. The fourth-order valence-electron chi connectivity index (χ4n) is 5.05. The van der Waals surface area contributed by atoms with Gasteiger partial charge in [0, 0.05) is 41.9 Å². The Morgan fingerprint density at radius 1 is 0.927 bits per heavy atom. The van der Waals surface area contributed by atoms with Crippen molar-refractivity contribution in [3.63, 3.8) is 0 Å². The molecule has 210 valence electrons. The first kappa shape index (κ1) is 27.9. The van der Waals surface area contributed by atoms with Crippen LogP contribution < -0.4 is 15.0 Å². The summed E-state index contributed by atoms with van der Waals surface area (Å²) in [6.07, 6.45) is 3.50. The van der Waals surface area contributed by atoms with E-state index in [2.05, 4.69) is 29.0 Å². The molecule has 4 aromatic rings. The Kier molecular flexibility index (Phi) is 8.65. The molecule has 1 aliphatic heterocycles. The first-order valence-electron chi connectivity index (χ1n) is 14.1. The lowest BCUT2D eigenvalue weighted by Gasteiger charge is -2.27. The number of likely N-dealkylation sites (N-methyl/N-ethyl adjacent to an activating group) is 1. The fraction of sp³-hybridized carbons (Fsp3) is 0.235. The summed E-state index contributed by atoms with van der Waals surface area (Å²) < 4.78 is 5.99. The predicted molar refractivity (Wildman–Crippen MR) is 165 cm³/mol. The van der Waals surface area contributed by atoms with E-state index < -0.39 is 0 Å². The topological polar surface area (TPSA) is 77.7 Å². The van der Waals surface area contributed by atoms with Crippen LogP contribution in [0.1, 0.15) is 46.6 Å². The number of hydrogen-bond donors (Lipinski definition) is 2. The fourth-order valence-corrected chi connectivity index (χ4v) is 5.05. The number of aryl methyl sites for hydroxylation is 1. The number of anilines is 2. The van der Waals surface area contributed by atoms with Crippen molar-refractivity contribution in [2.24, 2.45) is 0 Å². The number of carbonyl (C=O) groups is 2. The average Bonchev–Trinajstić information content (AvgIpc) is 3.59. The lowest BCUT2D eigenvalue weighted by molar-refractivity contribution is -0.110. The molecule has 1 aliphatic rings. The number of rotatable bonds is 11. The van der Waals surface area contributed by atoms with Crippen LogP contribution in [0, 0.1) is 6.92 Å². The molecule has 3 aromatic carbocycles.